The molecule has 1 fully saturated rings. The average Bonchev–Trinajstić information content (AvgIpc) is 2.35. The Kier molecular flexibility index (Phi) is 4.54. The van der Waals surface area contributed by atoms with Gasteiger partial charge in [0.05, 0.1) is 4.47 Å². The first-order chi connectivity index (χ1) is 8.18. The van der Waals surface area contributed by atoms with Gasteiger partial charge in [-0.25, -0.2) is 4.39 Å². The molecule has 1 heterocycles. The Morgan fingerprint density at radius 1 is 1.35 bits per heavy atom. The second-order valence-electron chi connectivity index (χ2n) is 4.50. The predicted octanol–water partition coefficient (Wildman–Crippen LogP) is 2.34. The van der Waals surface area contributed by atoms with Gasteiger partial charge in [0.25, 0.3) is 0 Å². The van der Waals surface area contributed by atoms with Gasteiger partial charge < -0.3 is 10.2 Å². The van der Waals surface area contributed by atoms with Crippen LogP contribution in [-0.2, 0) is 6.42 Å². The Hall–Kier alpha value is -0.450. The van der Waals surface area contributed by atoms with Gasteiger partial charge in [0, 0.05) is 32.7 Å². The lowest BCUT2D eigenvalue weighted by Gasteiger charge is -2.27. The summed E-state index contributed by atoms with van der Waals surface area (Å²) in [6, 6.07) is 3.38. The molecule has 0 unspecified atom stereocenters. The van der Waals surface area contributed by atoms with E-state index in [1.165, 1.54) is 6.07 Å². The minimum absolute atomic E-state index is 0.161. The van der Waals surface area contributed by atoms with Crippen LogP contribution in [0.4, 0.5) is 4.39 Å². The first-order valence-electron chi connectivity index (χ1n) is 6.05. The highest BCUT2D eigenvalue weighted by Crippen LogP contribution is 2.24. The number of nitrogens with one attached hydrogen (secondary N) is 1. The molecule has 0 bridgehead atoms. The van der Waals surface area contributed by atoms with E-state index in [-0.39, 0.29) is 5.82 Å². The molecule has 0 spiro atoms. The van der Waals surface area contributed by atoms with E-state index < -0.39 is 0 Å². The number of rotatable bonds is 3. The molecule has 17 heavy (non-hydrogen) atoms. The van der Waals surface area contributed by atoms with Crippen LogP contribution in [0.2, 0.25) is 0 Å². The standard InChI is InChI=1S/C13H18BrFN2/c1-10-2-3-12(15)13(14)11(10)4-7-17-8-5-16-6-9-17/h2-3,16H,4-9H2,1H3. The number of halogens is 2. The molecular weight excluding hydrogens is 283 g/mol. The molecule has 94 valence electrons. The van der Waals surface area contributed by atoms with Crippen LogP contribution >= 0.6 is 15.9 Å². The molecule has 1 saturated heterocycles. The maximum Gasteiger partial charge on any atom is 0.137 e. The Labute approximate surface area is 110 Å². The second kappa shape index (κ2) is 5.94. The Balaban J connectivity index is 2.00. The van der Waals surface area contributed by atoms with Crippen molar-refractivity contribution in [2.75, 3.05) is 32.7 Å². The van der Waals surface area contributed by atoms with Crippen molar-refractivity contribution in [3.05, 3.63) is 33.5 Å². The van der Waals surface area contributed by atoms with Crippen molar-refractivity contribution in [3.8, 4) is 0 Å². The van der Waals surface area contributed by atoms with Gasteiger partial charge >= 0.3 is 0 Å². The van der Waals surface area contributed by atoms with Crippen molar-refractivity contribution in [1.29, 1.82) is 0 Å². The lowest BCUT2D eigenvalue weighted by Crippen LogP contribution is -2.44. The molecule has 4 heteroatoms. The third kappa shape index (κ3) is 3.27. The minimum Gasteiger partial charge on any atom is -0.314 e. The molecule has 2 nitrogen and oxygen atoms in total. The molecule has 1 aromatic carbocycles. The molecule has 1 aliphatic rings. The van der Waals surface area contributed by atoms with Crippen LogP contribution < -0.4 is 5.32 Å². The lowest BCUT2D eigenvalue weighted by molar-refractivity contribution is 0.243. The van der Waals surface area contributed by atoms with Gasteiger partial charge in [-0.3, -0.25) is 0 Å². The summed E-state index contributed by atoms with van der Waals surface area (Å²) in [7, 11) is 0. The zero-order valence-corrected chi connectivity index (χ0v) is 11.7. The highest BCUT2D eigenvalue weighted by molar-refractivity contribution is 9.10. The van der Waals surface area contributed by atoms with Crippen molar-refractivity contribution < 1.29 is 4.39 Å². The van der Waals surface area contributed by atoms with Crippen LogP contribution in [-0.4, -0.2) is 37.6 Å². The van der Waals surface area contributed by atoms with Crippen LogP contribution in [0.25, 0.3) is 0 Å². The maximum atomic E-state index is 13.5. The Morgan fingerprint density at radius 2 is 2.06 bits per heavy atom. The monoisotopic (exact) mass is 300 g/mol. The summed E-state index contributed by atoms with van der Waals surface area (Å²) in [6.07, 6.45) is 0.907. The zero-order valence-electron chi connectivity index (χ0n) is 10.1. The summed E-state index contributed by atoms with van der Waals surface area (Å²) in [4.78, 5) is 2.42. The quantitative estimate of drug-likeness (QED) is 0.922. The number of nitrogens with zero attached hydrogens (tertiary/aromatic N) is 1. The molecule has 0 radical (unpaired) electrons. The summed E-state index contributed by atoms with van der Waals surface area (Å²) >= 11 is 3.35. The molecule has 0 saturated carbocycles. The molecule has 1 aliphatic heterocycles. The first kappa shape index (κ1) is 13.0. The van der Waals surface area contributed by atoms with Gasteiger partial charge in [-0.1, -0.05) is 6.07 Å². The van der Waals surface area contributed by atoms with Crippen LogP contribution in [0.3, 0.4) is 0 Å². The first-order valence-corrected chi connectivity index (χ1v) is 6.84. The molecule has 0 amide bonds. The highest BCUT2D eigenvalue weighted by Gasteiger charge is 2.13. The smallest absolute Gasteiger partial charge is 0.137 e. The van der Waals surface area contributed by atoms with Gasteiger partial charge in [0.2, 0.25) is 0 Å². The molecular formula is C13H18BrFN2. The summed E-state index contributed by atoms with van der Waals surface area (Å²) in [5, 5.41) is 3.33. The largest absolute Gasteiger partial charge is 0.314 e. The number of benzene rings is 1. The van der Waals surface area contributed by atoms with Crippen LogP contribution in [0, 0.1) is 12.7 Å². The molecule has 2 rings (SSSR count). The predicted molar refractivity (Wildman–Crippen MR) is 71.9 cm³/mol. The number of hydrogen-bond donors (Lipinski definition) is 1. The third-order valence-corrected chi connectivity index (χ3v) is 4.18. The van der Waals surface area contributed by atoms with Crippen molar-refractivity contribution in [3.63, 3.8) is 0 Å². The Bertz CT molecular complexity index is 389. The fourth-order valence-electron chi connectivity index (χ4n) is 2.20. The SMILES string of the molecule is Cc1ccc(F)c(Br)c1CCN1CCNCC1. The van der Waals surface area contributed by atoms with Crippen molar-refractivity contribution in [2.45, 2.75) is 13.3 Å². The summed E-state index contributed by atoms with van der Waals surface area (Å²) < 4.78 is 14.1. The molecule has 1 N–H and O–H groups in total. The fourth-order valence-corrected chi connectivity index (χ4v) is 2.84. The molecule has 0 aromatic heterocycles. The zero-order chi connectivity index (χ0) is 12.3. The van der Waals surface area contributed by atoms with Gasteiger partial charge in [0.15, 0.2) is 0 Å². The highest BCUT2D eigenvalue weighted by atomic mass is 79.9. The van der Waals surface area contributed by atoms with Crippen molar-refractivity contribution >= 4 is 15.9 Å². The van der Waals surface area contributed by atoms with Crippen molar-refractivity contribution in [2.24, 2.45) is 0 Å². The number of hydrogen-bond acceptors (Lipinski definition) is 2. The minimum atomic E-state index is -0.161. The lowest BCUT2D eigenvalue weighted by atomic mass is 10.1. The van der Waals surface area contributed by atoms with Crippen molar-refractivity contribution in [1.82, 2.24) is 10.2 Å². The third-order valence-electron chi connectivity index (χ3n) is 3.32. The Morgan fingerprint density at radius 3 is 2.76 bits per heavy atom. The van der Waals surface area contributed by atoms with E-state index in [1.807, 2.05) is 13.0 Å². The van der Waals surface area contributed by atoms with Gasteiger partial charge in [-0.05, 0) is 46.5 Å². The number of piperazine rings is 1. The summed E-state index contributed by atoms with van der Waals surface area (Å²) in [5.41, 5.74) is 2.26. The molecule has 1 aromatic rings. The normalized spacial score (nSPS) is 17.4. The average molecular weight is 301 g/mol. The van der Waals surface area contributed by atoms with E-state index in [0.29, 0.717) is 4.47 Å². The second-order valence-corrected chi connectivity index (χ2v) is 5.29. The summed E-state index contributed by atoms with van der Waals surface area (Å²) in [6.45, 7) is 7.34. The van der Waals surface area contributed by atoms with E-state index in [2.05, 4.69) is 26.1 Å². The van der Waals surface area contributed by atoms with E-state index in [4.69, 9.17) is 0 Å². The fraction of sp³-hybridized carbons (Fsp3) is 0.538. The van der Waals surface area contributed by atoms with Crippen LogP contribution in [0.5, 0.6) is 0 Å². The van der Waals surface area contributed by atoms with Gasteiger partial charge in [-0.15, -0.1) is 0 Å². The number of aryl methyl sites for hydroxylation is 1. The summed E-state index contributed by atoms with van der Waals surface area (Å²) in [5.74, 6) is -0.161. The topological polar surface area (TPSA) is 15.3 Å². The van der Waals surface area contributed by atoms with Crippen LogP contribution in [0.1, 0.15) is 11.1 Å². The van der Waals surface area contributed by atoms with Gasteiger partial charge in [0.1, 0.15) is 5.82 Å². The van der Waals surface area contributed by atoms with Crippen LogP contribution in [0.15, 0.2) is 16.6 Å². The van der Waals surface area contributed by atoms with E-state index >= 15 is 0 Å². The van der Waals surface area contributed by atoms with Gasteiger partial charge in [-0.2, -0.15) is 0 Å². The van der Waals surface area contributed by atoms with E-state index in [9.17, 15) is 4.39 Å². The molecule has 0 aliphatic carbocycles. The maximum absolute atomic E-state index is 13.5. The van der Waals surface area contributed by atoms with E-state index in [0.717, 1.165) is 50.3 Å². The molecule has 0 atom stereocenters. The van der Waals surface area contributed by atoms with E-state index in [1.54, 1.807) is 0 Å².